The lowest BCUT2D eigenvalue weighted by Gasteiger charge is -2.14. The Morgan fingerprint density at radius 1 is 1.18 bits per heavy atom. The zero-order valence-corrected chi connectivity index (χ0v) is 7.39. The van der Waals surface area contributed by atoms with Crippen LogP contribution < -0.4 is 5.73 Å². The summed E-state index contributed by atoms with van der Waals surface area (Å²) in [6.07, 6.45) is 8.27. The molecule has 0 fully saturated rings. The van der Waals surface area contributed by atoms with E-state index in [1.165, 1.54) is 5.57 Å². The number of rotatable bonds is 0. The van der Waals surface area contributed by atoms with Crippen molar-refractivity contribution in [2.75, 3.05) is 0 Å². The number of hydrogen-bond donors (Lipinski definition) is 1. The predicted molar refractivity (Wildman–Crippen MR) is 48.9 cm³/mol. The fraction of sp³-hybridized carbons (Fsp3) is 0.400. The largest absolute Gasteiger partial charge is 0.399 e. The van der Waals surface area contributed by atoms with Crippen LogP contribution in [-0.2, 0) is 0 Å². The van der Waals surface area contributed by atoms with E-state index in [2.05, 4.69) is 32.9 Å². The van der Waals surface area contributed by atoms with Crippen molar-refractivity contribution in [2.24, 2.45) is 11.1 Å². The molecule has 0 unspecified atom stereocenters. The van der Waals surface area contributed by atoms with Crippen molar-refractivity contribution < 1.29 is 0 Å². The molecule has 1 aliphatic rings. The number of hydrogen-bond acceptors (Lipinski definition) is 1. The van der Waals surface area contributed by atoms with Crippen LogP contribution in [0.1, 0.15) is 20.8 Å². The fourth-order valence-electron chi connectivity index (χ4n) is 1.38. The summed E-state index contributed by atoms with van der Waals surface area (Å²) in [6, 6.07) is 0. The maximum Gasteiger partial charge on any atom is 0.0282 e. The molecule has 0 radical (unpaired) electrons. The molecule has 0 spiro atoms. The SMILES string of the molecule is CC1=CC(C)(C)C=C(N)C=C1. The lowest BCUT2D eigenvalue weighted by atomic mass is 9.91. The van der Waals surface area contributed by atoms with E-state index in [9.17, 15) is 0 Å². The van der Waals surface area contributed by atoms with Gasteiger partial charge < -0.3 is 5.73 Å². The topological polar surface area (TPSA) is 26.0 Å². The van der Waals surface area contributed by atoms with Crippen LogP contribution in [0.15, 0.2) is 35.6 Å². The van der Waals surface area contributed by atoms with Gasteiger partial charge in [-0.3, -0.25) is 0 Å². The van der Waals surface area contributed by atoms with Gasteiger partial charge in [-0.1, -0.05) is 37.6 Å². The van der Waals surface area contributed by atoms with Gasteiger partial charge >= 0.3 is 0 Å². The van der Waals surface area contributed by atoms with Gasteiger partial charge in [0.15, 0.2) is 0 Å². The maximum absolute atomic E-state index is 5.71. The molecule has 0 aromatic rings. The van der Waals surface area contributed by atoms with Crippen molar-refractivity contribution in [3.63, 3.8) is 0 Å². The minimum Gasteiger partial charge on any atom is -0.399 e. The Hall–Kier alpha value is -0.980. The van der Waals surface area contributed by atoms with Gasteiger partial charge in [-0.15, -0.1) is 0 Å². The second kappa shape index (κ2) is 2.57. The predicted octanol–water partition coefficient (Wildman–Crippen LogP) is 2.37. The average molecular weight is 149 g/mol. The summed E-state index contributed by atoms with van der Waals surface area (Å²) in [5.41, 5.74) is 7.93. The highest BCUT2D eigenvalue weighted by atomic mass is 14.6. The zero-order chi connectivity index (χ0) is 8.48. The van der Waals surface area contributed by atoms with Crippen LogP contribution in [0.2, 0.25) is 0 Å². The Balaban J connectivity index is 3.03. The molecule has 0 amide bonds. The molecule has 0 aromatic heterocycles. The minimum atomic E-state index is 0.0949. The van der Waals surface area contributed by atoms with Gasteiger partial charge in [-0.2, -0.15) is 0 Å². The molecule has 2 N–H and O–H groups in total. The third-order valence-electron chi connectivity index (χ3n) is 1.68. The van der Waals surface area contributed by atoms with Crippen LogP contribution in [0.3, 0.4) is 0 Å². The Kier molecular flexibility index (Phi) is 1.90. The first-order valence-corrected chi connectivity index (χ1v) is 3.85. The summed E-state index contributed by atoms with van der Waals surface area (Å²) in [5, 5.41) is 0. The van der Waals surface area contributed by atoms with Gasteiger partial charge in [0, 0.05) is 11.1 Å². The number of allylic oxidation sites excluding steroid dienone is 5. The zero-order valence-electron chi connectivity index (χ0n) is 7.39. The highest BCUT2D eigenvalue weighted by Gasteiger charge is 2.12. The van der Waals surface area contributed by atoms with E-state index < -0.39 is 0 Å². The van der Waals surface area contributed by atoms with E-state index in [1.807, 2.05) is 12.2 Å². The van der Waals surface area contributed by atoms with Gasteiger partial charge in [0.2, 0.25) is 0 Å². The molecule has 0 atom stereocenters. The third kappa shape index (κ3) is 2.26. The molecule has 0 heterocycles. The smallest absolute Gasteiger partial charge is 0.0282 e. The normalized spacial score (nSPS) is 22.1. The van der Waals surface area contributed by atoms with E-state index in [-0.39, 0.29) is 5.41 Å². The van der Waals surface area contributed by atoms with Gasteiger partial charge in [-0.25, -0.2) is 0 Å². The summed E-state index contributed by atoms with van der Waals surface area (Å²) in [7, 11) is 0. The Labute approximate surface area is 68.3 Å². The standard InChI is InChI=1S/C10H15N/c1-8-4-5-9(11)7-10(2,3)6-8/h4-7H,11H2,1-3H3. The van der Waals surface area contributed by atoms with Crippen LogP contribution in [-0.4, -0.2) is 0 Å². The molecular formula is C10H15N. The first kappa shape index (κ1) is 8.12. The molecule has 0 aromatic carbocycles. The van der Waals surface area contributed by atoms with Crippen molar-refractivity contribution in [1.29, 1.82) is 0 Å². The first-order valence-electron chi connectivity index (χ1n) is 3.85. The lowest BCUT2D eigenvalue weighted by molar-refractivity contribution is 0.619. The molecular weight excluding hydrogens is 134 g/mol. The van der Waals surface area contributed by atoms with E-state index in [0.29, 0.717) is 0 Å². The van der Waals surface area contributed by atoms with Crippen LogP contribution in [0.5, 0.6) is 0 Å². The third-order valence-corrected chi connectivity index (χ3v) is 1.68. The van der Waals surface area contributed by atoms with Gasteiger partial charge in [-0.05, 0) is 13.0 Å². The van der Waals surface area contributed by atoms with Crippen molar-refractivity contribution in [3.05, 3.63) is 35.6 Å². The molecule has 0 saturated carbocycles. The Morgan fingerprint density at radius 3 is 2.45 bits per heavy atom. The van der Waals surface area contributed by atoms with Crippen molar-refractivity contribution >= 4 is 0 Å². The summed E-state index contributed by atoms with van der Waals surface area (Å²) in [6.45, 7) is 6.39. The van der Waals surface area contributed by atoms with Crippen LogP contribution in [0.4, 0.5) is 0 Å². The Bertz CT molecular complexity index is 218. The van der Waals surface area contributed by atoms with Crippen molar-refractivity contribution in [2.45, 2.75) is 20.8 Å². The molecule has 1 heteroatoms. The minimum absolute atomic E-state index is 0.0949. The molecule has 60 valence electrons. The van der Waals surface area contributed by atoms with Crippen molar-refractivity contribution in [1.82, 2.24) is 0 Å². The second-order valence-electron chi connectivity index (χ2n) is 3.69. The molecule has 1 nitrogen and oxygen atoms in total. The highest BCUT2D eigenvalue weighted by Crippen LogP contribution is 2.24. The fourth-order valence-corrected chi connectivity index (χ4v) is 1.38. The molecule has 0 aliphatic heterocycles. The quantitative estimate of drug-likeness (QED) is 0.562. The summed E-state index contributed by atoms with van der Waals surface area (Å²) < 4.78 is 0. The van der Waals surface area contributed by atoms with E-state index in [4.69, 9.17) is 5.73 Å². The average Bonchev–Trinajstić information content (AvgIpc) is 1.89. The van der Waals surface area contributed by atoms with Gasteiger partial charge in [0.1, 0.15) is 0 Å². The molecule has 0 saturated heterocycles. The molecule has 1 rings (SSSR count). The highest BCUT2D eigenvalue weighted by molar-refractivity contribution is 5.33. The monoisotopic (exact) mass is 149 g/mol. The van der Waals surface area contributed by atoms with E-state index >= 15 is 0 Å². The molecule has 11 heavy (non-hydrogen) atoms. The summed E-state index contributed by atoms with van der Waals surface area (Å²) in [4.78, 5) is 0. The van der Waals surface area contributed by atoms with Crippen LogP contribution >= 0.6 is 0 Å². The lowest BCUT2D eigenvalue weighted by Crippen LogP contribution is -2.06. The van der Waals surface area contributed by atoms with E-state index in [0.717, 1.165) is 5.70 Å². The summed E-state index contributed by atoms with van der Waals surface area (Å²) in [5.74, 6) is 0. The Morgan fingerprint density at radius 2 is 1.82 bits per heavy atom. The van der Waals surface area contributed by atoms with Gasteiger partial charge in [0.05, 0.1) is 0 Å². The van der Waals surface area contributed by atoms with Crippen molar-refractivity contribution in [3.8, 4) is 0 Å². The second-order valence-corrected chi connectivity index (χ2v) is 3.69. The first-order chi connectivity index (χ1) is 4.99. The maximum atomic E-state index is 5.71. The summed E-state index contributed by atoms with van der Waals surface area (Å²) >= 11 is 0. The molecule has 0 bridgehead atoms. The van der Waals surface area contributed by atoms with E-state index in [1.54, 1.807) is 0 Å². The van der Waals surface area contributed by atoms with Crippen LogP contribution in [0, 0.1) is 5.41 Å². The number of nitrogens with two attached hydrogens (primary N) is 1. The van der Waals surface area contributed by atoms with Crippen LogP contribution in [0.25, 0.3) is 0 Å². The molecule has 1 aliphatic carbocycles. The van der Waals surface area contributed by atoms with Gasteiger partial charge in [0.25, 0.3) is 0 Å².